The normalized spacial score (nSPS) is 38.4. The number of hydrogen-bond acceptors (Lipinski definition) is 4. The Morgan fingerprint density at radius 1 is 0.872 bits per heavy atom. The zero-order valence-corrected chi connectivity index (χ0v) is 23.2. The lowest BCUT2D eigenvalue weighted by Gasteiger charge is -2.43. The molecule has 1 aromatic carbocycles. The summed E-state index contributed by atoms with van der Waals surface area (Å²) in [6.07, 6.45) is 33.6. The maximum absolute atomic E-state index is 4.03. The van der Waals surface area contributed by atoms with Gasteiger partial charge in [0.15, 0.2) is 0 Å². The van der Waals surface area contributed by atoms with Crippen LogP contribution in [-0.4, -0.2) is 37.4 Å². The Hall–Kier alpha value is -2.56. The van der Waals surface area contributed by atoms with Crippen molar-refractivity contribution in [3.05, 3.63) is 83.1 Å². The van der Waals surface area contributed by atoms with Crippen LogP contribution in [-0.2, 0) is 6.42 Å². The fourth-order valence-corrected chi connectivity index (χ4v) is 8.89. The van der Waals surface area contributed by atoms with Gasteiger partial charge in [-0.2, -0.15) is 0 Å². The van der Waals surface area contributed by atoms with E-state index in [0.717, 1.165) is 25.4 Å². The lowest BCUT2D eigenvalue weighted by Crippen LogP contribution is -2.53. The van der Waals surface area contributed by atoms with Crippen LogP contribution in [0, 0.1) is 17.8 Å². The molecule has 8 unspecified atom stereocenters. The Morgan fingerprint density at radius 3 is 2.74 bits per heavy atom. The Labute approximate surface area is 234 Å². The smallest absolute Gasteiger partial charge is 0.0992 e. The fourth-order valence-electron chi connectivity index (χ4n) is 8.89. The summed E-state index contributed by atoms with van der Waals surface area (Å²) in [5.74, 6) is 2.60. The minimum absolute atomic E-state index is 0.286. The molecule has 0 radical (unpaired) electrons. The molecule has 39 heavy (non-hydrogen) atoms. The van der Waals surface area contributed by atoms with E-state index in [1.165, 1.54) is 68.3 Å². The number of fused-ring (bicyclic) bond motifs is 6. The number of anilines is 1. The van der Waals surface area contributed by atoms with E-state index in [9.17, 15) is 0 Å². The first kappa shape index (κ1) is 24.3. The predicted octanol–water partition coefficient (Wildman–Crippen LogP) is 5.95. The van der Waals surface area contributed by atoms with Crippen LogP contribution in [0.5, 0.6) is 0 Å². The summed E-state index contributed by atoms with van der Waals surface area (Å²) >= 11 is 0. The van der Waals surface area contributed by atoms with Gasteiger partial charge in [-0.05, 0) is 92.4 Å². The second kappa shape index (κ2) is 10.1. The van der Waals surface area contributed by atoms with Crippen molar-refractivity contribution < 1.29 is 0 Å². The number of nitrogens with one attached hydrogen (secondary N) is 3. The lowest BCUT2D eigenvalue weighted by molar-refractivity contribution is 0.193. The van der Waals surface area contributed by atoms with Gasteiger partial charge in [0.05, 0.1) is 12.2 Å². The molecule has 0 amide bonds. The summed E-state index contributed by atoms with van der Waals surface area (Å²) in [6.45, 7) is 2.17. The molecule has 1 saturated heterocycles. The van der Waals surface area contributed by atoms with Crippen LogP contribution in [0.4, 0.5) is 5.69 Å². The van der Waals surface area contributed by atoms with E-state index >= 15 is 0 Å². The molecule has 0 aromatic heterocycles. The second-order valence-corrected chi connectivity index (χ2v) is 13.0. The first-order valence-corrected chi connectivity index (χ1v) is 15.9. The molecule has 8 rings (SSSR count). The predicted molar refractivity (Wildman–Crippen MR) is 162 cm³/mol. The second-order valence-electron chi connectivity index (χ2n) is 13.0. The van der Waals surface area contributed by atoms with Gasteiger partial charge in [-0.15, -0.1) is 0 Å². The number of hydrogen-bond donors (Lipinski definition) is 3. The maximum Gasteiger partial charge on any atom is 0.0992 e. The molecule has 8 atom stereocenters. The zero-order chi connectivity index (χ0) is 25.8. The first-order chi connectivity index (χ1) is 19.3. The third kappa shape index (κ3) is 4.26. The molecule has 1 fully saturated rings. The van der Waals surface area contributed by atoms with E-state index < -0.39 is 0 Å². The molecular formula is C35H44N4. The van der Waals surface area contributed by atoms with Crippen molar-refractivity contribution in [1.29, 1.82) is 0 Å². The molecule has 0 saturated carbocycles. The highest BCUT2D eigenvalue weighted by atomic mass is 15.3. The highest BCUT2D eigenvalue weighted by Gasteiger charge is 2.45. The van der Waals surface area contributed by atoms with Gasteiger partial charge in [0.2, 0.25) is 0 Å². The molecule has 7 aliphatic rings. The molecule has 4 heterocycles. The molecule has 4 aliphatic heterocycles. The number of nitrogens with zero attached hydrogens (tertiary/aromatic N) is 1. The molecule has 3 N–H and O–H groups in total. The van der Waals surface area contributed by atoms with E-state index in [1.54, 1.807) is 11.1 Å². The third-order valence-corrected chi connectivity index (χ3v) is 10.9. The van der Waals surface area contributed by atoms with Gasteiger partial charge in [0.1, 0.15) is 0 Å². The SMILES string of the molecule is C1=CC(N2c3ccc4c(c3C3CC(C5=CCC(C6CCC7CCC=CC7N6)CN5)C=CC32)C=CCC4)NCC1. The number of benzene rings is 1. The van der Waals surface area contributed by atoms with Crippen molar-refractivity contribution in [3.8, 4) is 0 Å². The van der Waals surface area contributed by atoms with Gasteiger partial charge in [0.25, 0.3) is 0 Å². The van der Waals surface area contributed by atoms with Crippen molar-refractivity contribution in [1.82, 2.24) is 16.0 Å². The minimum atomic E-state index is 0.286. The number of piperidine rings is 1. The van der Waals surface area contributed by atoms with Gasteiger partial charge in [0, 0.05) is 48.4 Å². The largest absolute Gasteiger partial charge is 0.388 e. The Balaban J connectivity index is 1.04. The molecule has 3 aliphatic carbocycles. The molecular weight excluding hydrogens is 476 g/mol. The quantitative estimate of drug-likeness (QED) is 0.431. The minimum Gasteiger partial charge on any atom is -0.388 e. The van der Waals surface area contributed by atoms with Crippen molar-refractivity contribution in [3.63, 3.8) is 0 Å². The van der Waals surface area contributed by atoms with Crippen LogP contribution >= 0.6 is 0 Å². The molecule has 0 spiro atoms. The van der Waals surface area contributed by atoms with Crippen LogP contribution in [0.25, 0.3) is 6.08 Å². The van der Waals surface area contributed by atoms with Crippen LogP contribution in [0.15, 0.2) is 66.4 Å². The topological polar surface area (TPSA) is 39.3 Å². The number of rotatable bonds is 3. The van der Waals surface area contributed by atoms with Gasteiger partial charge in [-0.25, -0.2) is 0 Å². The van der Waals surface area contributed by atoms with Gasteiger partial charge >= 0.3 is 0 Å². The molecule has 0 bridgehead atoms. The van der Waals surface area contributed by atoms with E-state index in [0.29, 0.717) is 35.9 Å². The molecule has 4 heteroatoms. The Morgan fingerprint density at radius 2 is 1.85 bits per heavy atom. The third-order valence-electron chi connectivity index (χ3n) is 10.9. The summed E-state index contributed by atoms with van der Waals surface area (Å²) in [5, 5.41) is 11.8. The van der Waals surface area contributed by atoms with Crippen molar-refractivity contribution >= 4 is 11.8 Å². The van der Waals surface area contributed by atoms with E-state index in [-0.39, 0.29) is 6.17 Å². The van der Waals surface area contributed by atoms with Gasteiger partial charge < -0.3 is 15.5 Å². The zero-order valence-electron chi connectivity index (χ0n) is 23.2. The number of allylic oxidation sites excluding steroid dienone is 4. The van der Waals surface area contributed by atoms with Gasteiger partial charge in [-0.3, -0.25) is 5.32 Å². The van der Waals surface area contributed by atoms with E-state index in [2.05, 4.69) is 87.7 Å². The van der Waals surface area contributed by atoms with E-state index in [1.807, 2.05) is 0 Å². The monoisotopic (exact) mass is 520 g/mol. The Kier molecular flexibility index (Phi) is 6.30. The lowest BCUT2D eigenvalue weighted by atomic mass is 9.75. The standard InChI is InChI=1S/C35H44N4/c1-3-9-27-23(7-1)14-19-33-35(27)28-21-25(15-18-32(28)39(33)34-11-5-6-20-36-34)29-16-13-26(22-37-29)31-17-12-24-8-2-4-10-30(24)38-31/h3-5,9-11,14-16,18-19,24-26,28,30-32,34,36-38H,1-2,6-8,12-13,17,20-22H2. The fraction of sp³-hybridized carbons (Fsp3) is 0.543. The van der Waals surface area contributed by atoms with Crippen molar-refractivity contribution in [2.45, 2.75) is 88.0 Å². The first-order valence-electron chi connectivity index (χ1n) is 15.9. The molecule has 4 nitrogen and oxygen atoms in total. The number of aryl methyl sites for hydroxylation is 1. The van der Waals surface area contributed by atoms with Crippen LogP contribution < -0.4 is 20.9 Å². The van der Waals surface area contributed by atoms with Crippen LogP contribution in [0.3, 0.4) is 0 Å². The van der Waals surface area contributed by atoms with Crippen molar-refractivity contribution in [2.24, 2.45) is 17.8 Å². The molecule has 1 aromatic rings. The summed E-state index contributed by atoms with van der Waals surface area (Å²) in [7, 11) is 0. The van der Waals surface area contributed by atoms with Crippen molar-refractivity contribution in [2.75, 3.05) is 18.0 Å². The summed E-state index contributed by atoms with van der Waals surface area (Å²) in [4.78, 5) is 2.69. The van der Waals surface area contributed by atoms with Gasteiger partial charge in [-0.1, -0.05) is 60.8 Å². The highest BCUT2D eigenvalue weighted by molar-refractivity contribution is 5.75. The summed E-state index contributed by atoms with van der Waals surface area (Å²) in [6, 6.07) is 6.53. The van der Waals surface area contributed by atoms with E-state index in [4.69, 9.17) is 0 Å². The van der Waals surface area contributed by atoms with Crippen LogP contribution in [0.2, 0.25) is 0 Å². The average Bonchev–Trinajstić information content (AvgIpc) is 3.35. The summed E-state index contributed by atoms with van der Waals surface area (Å²) < 4.78 is 0. The van der Waals surface area contributed by atoms with Crippen LogP contribution in [0.1, 0.15) is 74.0 Å². The Bertz CT molecular complexity index is 1250. The maximum atomic E-state index is 4.03. The molecule has 204 valence electrons. The average molecular weight is 521 g/mol. The summed E-state index contributed by atoms with van der Waals surface area (Å²) in [5.41, 5.74) is 7.61. The highest BCUT2D eigenvalue weighted by Crippen LogP contribution is 2.52.